The third kappa shape index (κ3) is 3.73. The molecule has 0 unspecified atom stereocenters. The number of carboxylic acid groups (broad SMARTS) is 1. The highest BCUT2D eigenvalue weighted by Gasteiger charge is 2.17. The van der Waals surface area contributed by atoms with E-state index in [4.69, 9.17) is 16.7 Å². The van der Waals surface area contributed by atoms with E-state index in [0.29, 0.717) is 0 Å². The zero-order valence-electron chi connectivity index (χ0n) is 13.4. The van der Waals surface area contributed by atoms with Crippen molar-refractivity contribution in [3.63, 3.8) is 0 Å². The van der Waals surface area contributed by atoms with Gasteiger partial charge in [0.2, 0.25) is 0 Å². The minimum Gasteiger partial charge on any atom is -0.465 e. The van der Waals surface area contributed by atoms with Crippen molar-refractivity contribution in [1.29, 1.82) is 5.26 Å². The number of amides is 1. The van der Waals surface area contributed by atoms with Crippen LogP contribution in [0.3, 0.4) is 0 Å². The zero-order chi connectivity index (χ0) is 18.7. The number of anilines is 1. The van der Waals surface area contributed by atoms with Crippen LogP contribution in [0.2, 0.25) is 5.02 Å². The maximum atomic E-state index is 13.9. The Bertz CT molecular complexity index is 1020. The lowest BCUT2D eigenvalue weighted by molar-refractivity contribution is 0.209. The Balaban J connectivity index is 0.000000592. The molecule has 2 N–H and O–H groups in total. The first-order valence-electron chi connectivity index (χ1n) is 7.74. The fourth-order valence-corrected chi connectivity index (χ4v) is 2.39. The van der Waals surface area contributed by atoms with Crippen LogP contribution in [0.4, 0.5) is 15.0 Å². The Morgan fingerprint density at radius 2 is 2.12 bits per heavy atom. The molecule has 9 heteroatoms. The Hall–Kier alpha value is -3.18. The molecule has 2 aromatic heterocycles. The lowest BCUT2D eigenvalue weighted by Gasteiger charge is -2.05. The Morgan fingerprint density at radius 3 is 2.73 bits per heavy atom. The molecule has 0 radical (unpaired) electrons. The normalized spacial score (nSPS) is 12.0. The fraction of sp³-hybridized carbons (Fsp3) is 0.176. The molecule has 1 saturated carbocycles. The molecule has 132 valence electrons. The number of carbonyl (C=O) groups is 1. The van der Waals surface area contributed by atoms with Crippen molar-refractivity contribution in [1.82, 2.24) is 14.8 Å². The smallest absolute Gasteiger partial charge is 0.410 e. The number of nitriles is 1. The topological polar surface area (TPSA) is 104 Å². The molecule has 1 aromatic carbocycles. The van der Waals surface area contributed by atoms with Crippen LogP contribution in [0, 0.1) is 17.1 Å². The molecule has 1 aliphatic rings. The van der Waals surface area contributed by atoms with Crippen molar-refractivity contribution in [2.24, 2.45) is 0 Å². The zero-order valence-corrected chi connectivity index (χ0v) is 14.2. The largest absolute Gasteiger partial charge is 0.465 e. The standard InChI is InChI=1S/C14H7ClFN5O2.C3H6/c15-9-3-1-2-7(4-17)12(9)21-6-8-11(20-21)10(16)5-18-13(8)19-14(22)23;1-2-3-1/h1-3,5-6H,(H,18,19)(H,22,23);1-3H2. The molecule has 0 aliphatic heterocycles. The molecular weight excluding hydrogens is 361 g/mol. The number of nitrogens with one attached hydrogen (secondary N) is 1. The van der Waals surface area contributed by atoms with E-state index in [9.17, 15) is 14.4 Å². The van der Waals surface area contributed by atoms with Gasteiger partial charge in [-0.15, -0.1) is 0 Å². The van der Waals surface area contributed by atoms with Gasteiger partial charge in [0.15, 0.2) is 5.82 Å². The van der Waals surface area contributed by atoms with Crippen molar-refractivity contribution in [3.8, 4) is 11.8 Å². The summed E-state index contributed by atoms with van der Waals surface area (Å²) in [7, 11) is 0. The SMILES string of the molecule is C1CC1.N#Cc1cccc(Cl)c1-n1cc2c(NC(=O)O)ncc(F)c2n1. The second-order valence-corrected chi connectivity index (χ2v) is 5.94. The van der Waals surface area contributed by atoms with Gasteiger partial charge in [0.1, 0.15) is 23.1 Å². The molecule has 1 aliphatic carbocycles. The summed E-state index contributed by atoms with van der Waals surface area (Å²) in [4.78, 5) is 14.5. The van der Waals surface area contributed by atoms with E-state index < -0.39 is 11.9 Å². The van der Waals surface area contributed by atoms with Crippen molar-refractivity contribution in [2.75, 3.05) is 5.32 Å². The molecule has 1 fully saturated rings. The third-order valence-electron chi connectivity index (χ3n) is 3.42. The van der Waals surface area contributed by atoms with Crippen LogP contribution >= 0.6 is 11.6 Å². The van der Waals surface area contributed by atoms with Gasteiger partial charge in [-0.1, -0.05) is 36.9 Å². The number of nitrogens with zero attached hydrogens (tertiary/aromatic N) is 4. The predicted molar refractivity (Wildman–Crippen MR) is 94.0 cm³/mol. The van der Waals surface area contributed by atoms with Gasteiger partial charge in [-0.05, 0) is 12.1 Å². The second kappa shape index (κ2) is 7.37. The summed E-state index contributed by atoms with van der Waals surface area (Å²) in [5.74, 6) is -0.786. The summed E-state index contributed by atoms with van der Waals surface area (Å²) in [6, 6.07) is 6.69. The Labute approximate surface area is 152 Å². The van der Waals surface area contributed by atoms with Gasteiger partial charge in [-0.2, -0.15) is 10.4 Å². The van der Waals surface area contributed by atoms with Gasteiger partial charge in [-0.25, -0.2) is 18.9 Å². The maximum absolute atomic E-state index is 13.9. The van der Waals surface area contributed by atoms with E-state index >= 15 is 0 Å². The number of para-hydroxylation sites is 1. The summed E-state index contributed by atoms with van der Waals surface area (Å²) >= 11 is 6.10. The summed E-state index contributed by atoms with van der Waals surface area (Å²) in [6.45, 7) is 0. The average molecular weight is 374 g/mol. The summed E-state index contributed by atoms with van der Waals surface area (Å²) in [5.41, 5.74) is 0.424. The first-order valence-corrected chi connectivity index (χ1v) is 8.12. The number of halogens is 2. The third-order valence-corrected chi connectivity index (χ3v) is 3.72. The molecule has 3 aromatic rings. The number of pyridine rings is 1. The second-order valence-electron chi connectivity index (χ2n) is 5.53. The molecule has 2 heterocycles. The number of aromatic nitrogens is 3. The fourth-order valence-electron chi connectivity index (χ4n) is 2.13. The van der Waals surface area contributed by atoms with Crippen molar-refractivity contribution >= 4 is 34.4 Å². The van der Waals surface area contributed by atoms with Crippen LogP contribution in [0.25, 0.3) is 16.6 Å². The van der Waals surface area contributed by atoms with E-state index in [0.717, 1.165) is 6.20 Å². The minimum atomic E-state index is -1.34. The Kier molecular flexibility index (Phi) is 5.00. The lowest BCUT2D eigenvalue weighted by Crippen LogP contribution is -2.09. The van der Waals surface area contributed by atoms with Gasteiger partial charge in [0.25, 0.3) is 0 Å². The summed E-state index contributed by atoms with van der Waals surface area (Å²) in [6.07, 6.45) is 5.38. The molecule has 26 heavy (non-hydrogen) atoms. The van der Waals surface area contributed by atoms with Crippen molar-refractivity contribution in [2.45, 2.75) is 19.3 Å². The van der Waals surface area contributed by atoms with E-state index in [1.54, 1.807) is 18.2 Å². The maximum Gasteiger partial charge on any atom is 0.410 e. The highest BCUT2D eigenvalue weighted by molar-refractivity contribution is 6.32. The van der Waals surface area contributed by atoms with Gasteiger partial charge in [0.05, 0.1) is 22.2 Å². The highest BCUT2D eigenvalue weighted by atomic mass is 35.5. The monoisotopic (exact) mass is 373 g/mol. The molecule has 0 saturated heterocycles. The van der Waals surface area contributed by atoms with Crippen molar-refractivity contribution < 1.29 is 14.3 Å². The minimum absolute atomic E-state index is 0.0642. The highest BCUT2D eigenvalue weighted by Crippen LogP contribution is 2.28. The predicted octanol–water partition coefficient (Wildman–Crippen LogP) is 4.34. The number of hydrogen-bond acceptors (Lipinski definition) is 4. The molecular formula is C17H13ClFN5O2. The van der Waals surface area contributed by atoms with Gasteiger partial charge >= 0.3 is 6.09 Å². The number of fused-ring (bicyclic) bond motifs is 1. The van der Waals surface area contributed by atoms with Crippen LogP contribution in [-0.4, -0.2) is 26.0 Å². The van der Waals surface area contributed by atoms with Crippen LogP contribution in [0.1, 0.15) is 24.8 Å². The van der Waals surface area contributed by atoms with Gasteiger partial charge in [-0.3, -0.25) is 5.32 Å². The molecule has 7 nitrogen and oxygen atoms in total. The van der Waals surface area contributed by atoms with Crippen LogP contribution in [0.15, 0.2) is 30.6 Å². The number of benzene rings is 1. The molecule has 0 spiro atoms. The lowest BCUT2D eigenvalue weighted by atomic mass is 10.2. The number of hydrogen-bond donors (Lipinski definition) is 2. The average Bonchev–Trinajstić information content (AvgIpc) is 3.42. The van der Waals surface area contributed by atoms with Crippen LogP contribution < -0.4 is 5.32 Å². The van der Waals surface area contributed by atoms with Crippen molar-refractivity contribution in [3.05, 3.63) is 47.0 Å². The van der Waals surface area contributed by atoms with Crippen LogP contribution in [-0.2, 0) is 0 Å². The Morgan fingerprint density at radius 1 is 1.38 bits per heavy atom. The molecule has 1 amide bonds. The first kappa shape index (κ1) is 17.6. The van der Waals surface area contributed by atoms with Gasteiger partial charge < -0.3 is 5.11 Å². The molecule has 0 atom stereocenters. The van der Waals surface area contributed by atoms with Gasteiger partial charge in [0, 0.05) is 6.20 Å². The molecule has 0 bridgehead atoms. The number of rotatable bonds is 2. The van der Waals surface area contributed by atoms with Crippen LogP contribution in [0.5, 0.6) is 0 Å². The quantitative estimate of drug-likeness (QED) is 0.695. The summed E-state index contributed by atoms with van der Waals surface area (Å²) < 4.78 is 15.1. The van der Waals surface area contributed by atoms with E-state index in [-0.39, 0.29) is 33.0 Å². The summed E-state index contributed by atoms with van der Waals surface area (Å²) in [5, 5.41) is 24.5. The van der Waals surface area contributed by atoms with E-state index in [1.807, 2.05) is 6.07 Å². The van der Waals surface area contributed by atoms with E-state index in [2.05, 4.69) is 15.4 Å². The first-order chi connectivity index (χ1) is 12.5. The van der Waals surface area contributed by atoms with E-state index in [1.165, 1.54) is 30.1 Å². The molecule has 4 rings (SSSR count).